The smallest absolute Gasteiger partial charge is 0.324 e. The number of esters is 1. The molecule has 2 rings (SSSR count). The highest BCUT2D eigenvalue weighted by Gasteiger charge is 2.44. The van der Waals surface area contributed by atoms with Gasteiger partial charge in [-0.15, -0.1) is 11.3 Å². The van der Waals surface area contributed by atoms with Gasteiger partial charge in [-0.3, -0.25) is 14.4 Å². The van der Waals surface area contributed by atoms with Gasteiger partial charge in [0.05, 0.1) is 14.2 Å². The van der Waals surface area contributed by atoms with Crippen LogP contribution in [0.1, 0.15) is 27.4 Å². The van der Waals surface area contributed by atoms with E-state index in [9.17, 15) is 18.8 Å². The molecule has 0 amide bonds. The van der Waals surface area contributed by atoms with Gasteiger partial charge in [-0.1, -0.05) is 0 Å². The van der Waals surface area contributed by atoms with Crippen molar-refractivity contribution in [3.05, 3.63) is 15.6 Å². The van der Waals surface area contributed by atoms with Crippen LogP contribution in [-0.2, 0) is 14.3 Å². The van der Waals surface area contributed by atoms with E-state index in [0.29, 0.717) is 17.7 Å². The molecule has 114 valence electrons. The summed E-state index contributed by atoms with van der Waals surface area (Å²) in [5.74, 6) is -5.04. The van der Waals surface area contributed by atoms with Crippen LogP contribution in [0.3, 0.4) is 0 Å². The molecule has 1 aromatic rings. The molecule has 0 spiro atoms. The Kier molecular flexibility index (Phi) is 4.41. The van der Waals surface area contributed by atoms with E-state index >= 15 is 0 Å². The van der Waals surface area contributed by atoms with Crippen LogP contribution >= 0.6 is 11.3 Å². The van der Waals surface area contributed by atoms with Crippen LogP contribution in [0.25, 0.3) is 0 Å². The fourth-order valence-electron chi connectivity index (χ4n) is 2.10. The molecule has 0 N–H and O–H groups in total. The highest BCUT2D eigenvalue weighted by molar-refractivity contribution is 7.14. The number of ketones is 2. The number of Topliss-reactive ketones (excluding diaryl/α,β-unsaturated/α-hetero) is 2. The average molecular weight is 314 g/mol. The lowest BCUT2D eigenvalue weighted by atomic mass is 9.94. The van der Waals surface area contributed by atoms with E-state index < -0.39 is 29.3 Å². The zero-order chi connectivity index (χ0) is 15.7. The first-order valence-electron chi connectivity index (χ1n) is 6.41. The molecule has 0 bridgehead atoms. The highest BCUT2D eigenvalue weighted by Crippen LogP contribution is 2.37. The van der Waals surface area contributed by atoms with Crippen LogP contribution in [0.15, 0.2) is 0 Å². The molecular formula is C14H15FO5S. The fraction of sp³-hybridized carbons (Fsp3) is 0.500. The zero-order valence-electron chi connectivity index (χ0n) is 11.9. The van der Waals surface area contributed by atoms with E-state index in [1.165, 1.54) is 7.11 Å². The largest absolute Gasteiger partial charge is 0.492 e. The minimum absolute atomic E-state index is 0.0363. The molecule has 1 fully saturated rings. The minimum Gasteiger partial charge on any atom is -0.492 e. The molecule has 5 nitrogen and oxygen atoms in total. The second-order valence-electron chi connectivity index (χ2n) is 4.83. The maximum absolute atomic E-state index is 14.2. The molecule has 0 aliphatic heterocycles. The van der Waals surface area contributed by atoms with Crippen molar-refractivity contribution in [1.82, 2.24) is 0 Å². The van der Waals surface area contributed by atoms with E-state index in [1.54, 1.807) is 6.92 Å². The van der Waals surface area contributed by atoms with E-state index in [0.717, 1.165) is 18.4 Å². The van der Waals surface area contributed by atoms with Gasteiger partial charge in [0, 0.05) is 10.8 Å². The van der Waals surface area contributed by atoms with Crippen LogP contribution in [0.5, 0.6) is 5.75 Å². The molecular weight excluding hydrogens is 299 g/mol. The monoisotopic (exact) mass is 314 g/mol. The number of hydrogen-bond donors (Lipinski definition) is 0. The fourth-order valence-corrected chi connectivity index (χ4v) is 3.07. The minimum atomic E-state index is -1.58. The van der Waals surface area contributed by atoms with Crippen molar-refractivity contribution < 1.29 is 28.2 Å². The topological polar surface area (TPSA) is 69.7 Å². The lowest BCUT2D eigenvalue weighted by molar-refractivity contribution is -0.147. The van der Waals surface area contributed by atoms with Crippen molar-refractivity contribution in [3.63, 3.8) is 0 Å². The third-order valence-corrected chi connectivity index (χ3v) is 4.44. The molecule has 0 aromatic carbocycles. The van der Waals surface area contributed by atoms with Crippen LogP contribution < -0.4 is 4.74 Å². The second kappa shape index (κ2) is 5.93. The maximum atomic E-state index is 14.2. The Hall–Kier alpha value is -1.76. The summed E-state index contributed by atoms with van der Waals surface area (Å²) in [5, 5.41) is 0. The maximum Gasteiger partial charge on any atom is 0.324 e. The second-order valence-corrected chi connectivity index (χ2v) is 6.06. The quantitative estimate of drug-likeness (QED) is 0.457. The number of ether oxygens (including phenoxy) is 2. The molecule has 1 heterocycles. The van der Waals surface area contributed by atoms with Crippen molar-refractivity contribution in [2.45, 2.75) is 19.8 Å². The van der Waals surface area contributed by atoms with Crippen molar-refractivity contribution >= 4 is 28.9 Å². The summed E-state index contributed by atoms with van der Waals surface area (Å²) in [5.41, 5.74) is 0. The first-order valence-corrected chi connectivity index (χ1v) is 7.22. The highest BCUT2D eigenvalue weighted by atomic mass is 32.1. The van der Waals surface area contributed by atoms with Gasteiger partial charge in [-0.2, -0.15) is 0 Å². The number of carbonyl (C=O) groups excluding carboxylic acids is 3. The predicted molar refractivity (Wildman–Crippen MR) is 73.1 cm³/mol. The Morgan fingerprint density at radius 3 is 2.33 bits per heavy atom. The number of aryl methyl sites for hydroxylation is 1. The van der Waals surface area contributed by atoms with Gasteiger partial charge in [-0.25, -0.2) is 4.39 Å². The number of rotatable bonds is 6. The van der Waals surface area contributed by atoms with Crippen LogP contribution in [0.2, 0.25) is 0 Å². The molecule has 1 saturated carbocycles. The molecule has 1 aliphatic carbocycles. The van der Waals surface area contributed by atoms with E-state index in [4.69, 9.17) is 4.74 Å². The molecule has 1 atom stereocenters. The SMILES string of the molecule is COC(=O)C(C(=O)c1sc(C)c(OC)c1F)C(=O)C1CC1. The Balaban J connectivity index is 2.38. The van der Waals surface area contributed by atoms with E-state index in [-0.39, 0.29) is 16.5 Å². The van der Waals surface area contributed by atoms with E-state index in [2.05, 4.69) is 4.74 Å². The first-order chi connectivity index (χ1) is 9.92. The van der Waals surface area contributed by atoms with Gasteiger partial charge in [-0.05, 0) is 19.8 Å². The van der Waals surface area contributed by atoms with Crippen LogP contribution in [0, 0.1) is 24.6 Å². The van der Waals surface area contributed by atoms with Crippen molar-refractivity contribution in [1.29, 1.82) is 0 Å². The Morgan fingerprint density at radius 2 is 1.90 bits per heavy atom. The lowest BCUT2D eigenvalue weighted by Gasteiger charge is -2.11. The molecule has 1 aliphatic rings. The van der Waals surface area contributed by atoms with Gasteiger partial charge in [0.1, 0.15) is 4.88 Å². The summed E-state index contributed by atoms with van der Waals surface area (Å²) < 4.78 is 23.6. The Labute approximate surface area is 125 Å². The van der Waals surface area contributed by atoms with Crippen LogP contribution in [0.4, 0.5) is 4.39 Å². The number of carbonyl (C=O) groups is 3. The van der Waals surface area contributed by atoms with Gasteiger partial charge < -0.3 is 9.47 Å². The number of hydrogen-bond acceptors (Lipinski definition) is 6. The predicted octanol–water partition coefficient (Wildman–Crippen LogP) is 2.16. The lowest BCUT2D eigenvalue weighted by Crippen LogP contribution is -2.34. The number of methoxy groups -OCH3 is 2. The average Bonchev–Trinajstić information content (AvgIpc) is 3.25. The molecule has 0 saturated heterocycles. The molecule has 0 radical (unpaired) electrons. The summed E-state index contributed by atoms with van der Waals surface area (Å²) >= 11 is 0.870. The zero-order valence-corrected chi connectivity index (χ0v) is 12.7. The van der Waals surface area contributed by atoms with Crippen molar-refractivity contribution in [2.24, 2.45) is 11.8 Å². The Bertz CT molecular complexity index is 603. The van der Waals surface area contributed by atoms with Gasteiger partial charge in [0.15, 0.2) is 29.1 Å². The third kappa shape index (κ3) is 2.83. The standard InChI is InChI=1S/C14H15FO5S/c1-6-12(19-2)9(15)13(21-6)11(17)8(14(18)20-3)10(16)7-4-5-7/h7-8H,4-5H2,1-3H3. The summed E-state index contributed by atoms with van der Waals surface area (Å²) in [6, 6.07) is 0. The molecule has 21 heavy (non-hydrogen) atoms. The Morgan fingerprint density at radius 1 is 1.29 bits per heavy atom. The normalized spacial score (nSPS) is 15.4. The number of halogens is 1. The van der Waals surface area contributed by atoms with Crippen LogP contribution in [-0.4, -0.2) is 31.8 Å². The summed E-state index contributed by atoms with van der Waals surface area (Å²) in [6.45, 7) is 1.60. The molecule has 1 unspecified atom stereocenters. The summed E-state index contributed by atoms with van der Waals surface area (Å²) in [4.78, 5) is 36.5. The van der Waals surface area contributed by atoms with Gasteiger partial charge >= 0.3 is 5.97 Å². The van der Waals surface area contributed by atoms with E-state index in [1.807, 2.05) is 0 Å². The number of thiophene rings is 1. The van der Waals surface area contributed by atoms with Crippen molar-refractivity contribution in [2.75, 3.05) is 14.2 Å². The molecule has 7 heteroatoms. The third-order valence-electron chi connectivity index (χ3n) is 3.36. The molecule has 1 aromatic heterocycles. The summed E-state index contributed by atoms with van der Waals surface area (Å²) in [6.07, 6.45) is 1.30. The van der Waals surface area contributed by atoms with Gasteiger partial charge in [0.2, 0.25) is 0 Å². The van der Waals surface area contributed by atoms with Gasteiger partial charge in [0.25, 0.3) is 0 Å². The first kappa shape index (κ1) is 15.6. The van der Waals surface area contributed by atoms with Crippen molar-refractivity contribution in [3.8, 4) is 5.75 Å². The summed E-state index contributed by atoms with van der Waals surface area (Å²) in [7, 11) is 2.39.